The van der Waals surface area contributed by atoms with Crippen molar-refractivity contribution in [3.8, 4) is 5.75 Å². The predicted octanol–water partition coefficient (Wildman–Crippen LogP) is 4.03. The number of halogens is 4. The van der Waals surface area contributed by atoms with Gasteiger partial charge in [-0.2, -0.15) is 0 Å². The van der Waals surface area contributed by atoms with Crippen LogP contribution < -0.4 is 10.1 Å². The molecular formula is C15H22Cl4N2O. The molecule has 0 amide bonds. The zero-order valence-corrected chi connectivity index (χ0v) is 15.6. The molecule has 1 N–H and O–H groups in total. The van der Waals surface area contributed by atoms with Gasteiger partial charge in [-0.1, -0.05) is 23.2 Å². The van der Waals surface area contributed by atoms with Crippen LogP contribution in [0, 0.1) is 5.92 Å². The lowest BCUT2D eigenvalue weighted by Crippen LogP contribution is -2.55. The summed E-state index contributed by atoms with van der Waals surface area (Å²) in [5, 5.41) is 4.89. The van der Waals surface area contributed by atoms with E-state index in [0.717, 1.165) is 30.3 Å². The summed E-state index contributed by atoms with van der Waals surface area (Å²) in [6.45, 7) is 4.42. The van der Waals surface area contributed by atoms with Gasteiger partial charge in [-0.25, -0.2) is 0 Å². The Morgan fingerprint density at radius 1 is 1.23 bits per heavy atom. The third-order valence-corrected chi connectivity index (χ3v) is 5.00. The van der Waals surface area contributed by atoms with Gasteiger partial charge >= 0.3 is 0 Å². The molecule has 0 saturated carbocycles. The van der Waals surface area contributed by atoms with Crippen molar-refractivity contribution in [2.75, 3.05) is 26.7 Å². The number of nitrogens with one attached hydrogen (secondary N) is 1. The van der Waals surface area contributed by atoms with Gasteiger partial charge in [0.2, 0.25) is 0 Å². The molecule has 0 aromatic heterocycles. The number of fused-ring (bicyclic) bond motifs is 3. The van der Waals surface area contributed by atoms with Crippen LogP contribution in [0.25, 0.3) is 0 Å². The van der Waals surface area contributed by atoms with Crippen LogP contribution in [0.3, 0.4) is 0 Å². The highest BCUT2D eigenvalue weighted by Crippen LogP contribution is 2.33. The summed E-state index contributed by atoms with van der Waals surface area (Å²) >= 11 is 12.3. The van der Waals surface area contributed by atoms with Gasteiger partial charge in [0.1, 0.15) is 5.75 Å². The van der Waals surface area contributed by atoms with Gasteiger partial charge in [-0.15, -0.1) is 24.8 Å². The number of methoxy groups -OCH3 is 1. The van der Waals surface area contributed by atoms with E-state index in [1.807, 2.05) is 6.07 Å². The summed E-state index contributed by atoms with van der Waals surface area (Å²) in [5.41, 5.74) is 1.03. The van der Waals surface area contributed by atoms with Gasteiger partial charge in [0.25, 0.3) is 0 Å². The highest BCUT2D eigenvalue weighted by Gasteiger charge is 2.33. The molecule has 1 unspecified atom stereocenters. The Kier molecular flexibility index (Phi) is 8.07. The normalized spacial score (nSPS) is 26.0. The van der Waals surface area contributed by atoms with E-state index >= 15 is 0 Å². The average Bonchev–Trinajstić information content (AvgIpc) is 2.46. The Morgan fingerprint density at radius 2 is 1.91 bits per heavy atom. The minimum absolute atomic E-state index is 0. The second kappa shape index (κ2) is 8.81. The number of ether oxygens (including phenoxy) is 1. The molecule has 0 spiro atoms. The fourth-order valence-corrected chi connectivity index (χ4v) is 4.02. The Labute approximate surface area is 154 Å². The van der Waals surface area contributed by atoms with Gasteiger partial charge in [0.15, 0.2) is 0 Å². The van der Waals surface area contributed by atoms with Gasteiger partial charge in [0.05, 0.1) is 12.1 Å². The fourth-order valence-electron chi connectivity index (χ4n) is 3.41. The molecule has 3 saturated heterocycles. The molecule has 126 valence electrons. The molecule has 0 aliphatic carbocycles. The van der Waals surface area contributed by atoms with E-state index < -0.39 is 0 Å². The molecule has 3 aliphatic heterocycles. The predicted molar refractivity (Wildman–Crippen MR) is 97.3 cm³/mol. The van der Waals surface area contributed by atoms with Crippen LogP contribution >= 0.6 is 48.0 Å². The first kappa shape index (κ1) is 20.1. The second-order valence-electron chi connectivity index (χ2n) is 5.71. The SMILES string of the molecule is COc1c(Cl)cc(Cl)cc1CNC1CN2CCC1CC2.Cl.Cl. The number of hydrogen-bond donors (Lipinski definition) is 1. The van der Waals surface area contributed by atoms with Gasteiger partial charge in [0, 0.05) is 29.7 Å². The van der Waals surface area contributed by atoms with Crippen LogP contribution in [-0.4, -0.2) is 37.7 Å². The second-order valence-corrected chi connectivity index (χ2v) is 6.55. The van der Waals surface area contributed by atoms with Crippen LogP contribution in [0.15, 0.2) is 12.1 Å². The topological polar surface area (TPSA) is 24.5 Å². The molecule has 22 heavy (non-hydrogen) atoms. The van der Waals surface area contributed by atoms with Crippen LogP contribution in [0.2, 0.25) is 10.0 Å². The molecule has 3 fully saturated rings. The number of benzene rings is 1. The lowest BCUT2D eigenvalue weighted by molar-refractivity contribution is 0.0719. The van der Waals surface area contributed by atoms with Crippen molar-refractivity contribution in [3.05, 3.63) is 27.7 Å². The number of nitrogens with zero attached hydrogens (tertiary/aromatic N) is 1. The van der Waals surface area contributed by atoms with Gasteiger partial charge in [-0.3, -0.25) is 0 Å². The van der Waals surface area contributed by atoms with E-state index in [1.165, 1.54) is 25.9 Å². The zero-order chi connectivity index (χ0) is 14.1. The smallest absolute Gasteiger partial charge is 0.142 e. The summed E-state index contributed by atoms with van der Waals surface area (Å²) in [6.07, 6.45) is 2.62. The molecule has 3 aliphatic rings. The van der Waals surface area contributed by atoms with Crippen LogP contribution in [0.5, 0.6) is 5.75 Å². The third kappa shape index (κ3) is 4.34. The fraction of sp³-hybridized carbons (Fsp3) is 0.600. The maximum atomic E-state index is 6.17. The van der Waals surface area contributed by atoms with Crippen molar-refractivity contribution in [1.29, 1.82) is 0 Å². The van der Waals surface area contributed by atoms with Crippen molar-refractivity contribution in [3.63, 3.8) is 0 Å². The number of piperidine rings is 3. The Morgan fingerprint density at radius 3 is 2.45 bits per heavy atom. The first-order chi connectivity index (χ1) is 9.67. The molecule has 2 bridgehead atoms. The van der Waals surface area contributed by atoms with E-state index in [1.54, 1.807) is 13.2 Å². The molecule has 3 heterocycles. The molecule has 0 radical (unpaired) electrons. The summed E-state index contributed by atoms with van der Waals surface area (Å²) < 4.78 is 5.39. The van der Waals surface area contributed by atoms with Crippen molar-refractivity contribution in [2.45, 2.75) is 25.4 Å². The van der Waals surface area contributed by atoms with E-state index in [-0.39, 0.29) is 24.8 Å². The highest BCUT2D eigenvalue weighted by molar-refractivity contribution is 6.35. The third-order valence-electron chi connectivity index (χ3n) is 4.50. The standard InChI is InChI=1S/C15H20Cl2N2O.2ClH/c1-20-15-11(6-12(16)7-13(15)17)8-18-14-9-19-4-2-10(14)3-5-19;;/h6-7,10,14,18H,2-5,8-9H2,1H3;2*1H. The monoisotopic (exact) mass is 386 g/mol. The summed E-state index contributed by atoms with van der Waals surface area (Å²) in [5.74, 6) is 1.53. The maximum Gasteiger partial charge on any atom is 0.142 e. The summed E-state index contributed by atoms with van der Waals surface area (Å²) in [4.78, 5) is 2.54. The average molecular weight is 388 g/mol. The van der Waals surface area contributed by atoms with Crippen molar-refractivity contribution in [1.82, 2.24) is 10.2 Å². The van der Waals surface area contributed by atoms with Crippen molar-refractivity contribution in [2.24, 2.45) is 5.92 Å². The van der Waals surface area contributed by atoms with Gasteiger partial charge in [-0.05, 0) is 44.0 Å². The Hall–Kier alpha value is 0.1000. The molecule has 3 nitrogen and oxygen atoms in total. The molecule has 7 heteroatoms. The number of hydrogen-bond acceptors (Lipinski definition) is 3. The Bertz CT molecular complexity index is 493. The van der Waals surface area contributed by atoms with E-state index in [0.29, 0.717) is 16.1 Å². The van der Waals surface area contributed by atoms with Gasteiger partial charge < -0.3 is 15.0 Å². The number of rotatable bonds is 4. The Balaban J connectivity index is 0.00000121. The minimum atomic E-state index is 0. The van der Waals surface area contributed by atoms with Crippen LogP contribution in [0.1, 0.15) is 18.4 Å². The highest BCUT2D eigenvalue weighted by atomic mass is 35.5. The van der Waals surface area contributed by atoms with E-state index in [4.69, 9.17) is 27.9 Å². The summed E-state index contributed by atoms with van der Waals surface area (Å²) in [6, 6.07) is 4.22. The largest absolute Gasteiger partial charge is 0.495 e. The molecule has 4 rings (SSSR count). The molecular weight excluding hydrogens is 366 g/mol. The zero-order valence-electron chi connectivity index (χ0n) is 12.5. The van der Waals surface area contributed by atoms with Crippen molar-refractivity contribution < 1.29 is 4.74 Å². The van der Waals surface area contributed by atoms with E-state index in [2.05, 4.69) is 10.2 Å². The quantitative estimate of drug-likeness (QED) is 0.843. The lowest BCUT2D eigenvalue weighted by Gasteiger charge is -2.45. The molecule has 1 aromatic carbocycles. The van der Waals surface area contributed by atoms with E-state index in [9.17, 15) is 0 Å². The lowest BCUT2D eigenvalue weighted by atomic mass is 9.84. The maximum absolute atomic E-state index is 6.17. The minimum Gasteiger partial charge on any atom is -0.495 e. The first-order valence-electron chi connectivity index (χ1n) is 7.15. The molecule has 1 aromatic rings. The first-order valence-corrected chi connectivity index (χ1v) is 7.90. The summed E-state index contributed by atoms with van der Waals surface area (Å²) in [7, 11) is 1.65. The van der Waals surface area contributed by atoms with Crippen LogP contribution in [0.4, 0.5) is 0 Å². The van der Waals surface area contributed by atoms with Crippen molar-refractivity contribution >= 4 is 48.0 Å². The van der Waals surface area contributed by atoms with Crippen LogP contribution in [-0.2, 0) is 6.54 Å². The molecule has 1 atom stereocenters.